The Morgan fingerprint density at radius 1 is 1.23 bits per heavy atom. The van der Waals surface area contributed by atoms with Gasteiger partial charge in [-0.25, -0.2) is 0 Å². The smallest absolute Gasteiger partial charge is 0.251 e. The predicted octanol–water partition coefficient (Wildman–Crippen LogP) is 2.81. The van der Waals surface area contributed by atoms with Crippen molar-refractivity contribution in [2.24, 2.45) is 5.92 Å². The maximum absolute atomic E-state index is 12.0. The zero-order chi connectivity index (χ0) is 15.9. The van der Waals surface area contributed by atoms with E-state index >= 15 is 0 Å². The molecule has 1 aromatic carbocycles. The van der Waals surface area contributed by atoms with Crippen molar-refractivity contribution in [1.82, 2.24) is 10.6 Å². The highest BCUT2D eigenvalue weighted by Gasteiger charge is 2.22. The molecule has 2 atom stereocenters. The van der Waals surface area contributed by atoms with E-state index in [2.05, 4.69) is 17.6 Å². The largest absolute Gasteiger partial charge is 0.353 e. The van der Waals surface area contributed by atoms with Crippen molar-refractivity contribution >= 4 is 11.8 Å². The standard InChI is InChI=1S/C18H26N2O2/c1-13-6-5-8-15(12-13)18(22)19-11-10-17(21)20-16-9-4-3-7-14(16)2/h5-6,8,12,14,16H,3-4,7,9-11H2,1-2H3,(H,19,22)(H,20,21). The normalized spacial score (nSPS) is 21.2. The molecule has 22 heavy (non-hydrogen) atoms. The van der Waals surface area contributed by atoms with E-state index < -0.39 is 0 Å². The first-order valence-corrected chi connectivity index (χ1v) is 8.20. The van der Waals surface area contributed by atoms with Gasteiger partial charge in [0.25, 0.3) is 5.91 Å². The second-order valence-corrected chi connectivity index (χ2v) is 6.31. The van der Waals surface area contributed by atoms with Crippen LogP contribution in [0.5, 0.6) is 0 Å². The highest BCUT2D eigenvalue weighted by Crippen LogP contribution is 2.23. The van der Waals surface area contributed by atoms with Gasteiger partial charge in [0, 0.05) is 24.6 Å². The molecule has 0 radical (unpaired) electrons. The van der Waals surface area contributed by atoms with Crippen LogP contribution in [0.4, 0.5) is 0 Å². The first kappa shape index (κ1) is 16.5. The van der Waals surface area contributed by atoms with Crippen LogP contribution in [-0.4, -0.2) is 24.4 Å². The van der Waals surface area contributed by atoms with Crippen LogP contribution in [0, 0.1) is 12.8 Å². The average molecular weight is 302 g/mol. The summed E-state index contributed by atoms with van der Waals surface area (Å²) >= 11 is 0. The first-order valence-electron chi connectivity index (χ1n) is 8.20. The lowest BCUT2D eigenvalue weighted by molar-refractivity contribution is -0.122. The fourth-order valence-corrected chi connectivity index (χ4v) is 2.99. The van der Waals surface area contributed by atoms with Crippen LogP contribution in [0.2, 0.25) is 0 Å². The van der Waals surface area contributed by atoms with Gasteiger partial charge >= 0.3 is 0 Å². The summed E-state index contributed by atoms with van der Waals surface area (Å²) in [4.78, 5) is 23.9. The van der Waals surface area contributed by atoms with Gasteiger partial charge in [0.05, 0.1) is 0 Å². The Hall–Kier alpha value is -1.84. The molecule has 1 aliphatic carbocycles. The van der Waals surface area contributed by atoms with E-state index in [4.69, 9.17) is 0 Å². The van der Waals surface area contributed by atoms with Crippen LogP contribution in [0.15, 0.2) is 24.3 Å². The summed E-state index contributed by atoms with van der Waals surface area (Å²) in [5.41, 5.74) is 1.69. The van der Waals surface area contributed by atoms with E-state index in [-0.39, 0.29) is 11.8 Å². The molecule has 0 spiro atoms. The molecule has 1 aliphatic rings. The third kappa shape index (κ3) is 4.86. The SMILES string of the molecule is Cc1cccc(C(=O)NCCC(=O)NC2CCCCC2C)c1. The highest BCUT2D eigenvalue weighted by molar-refractivity contribution is 5.94. The minimum Gasteiger partial charge on any atom is -0.353 e. The number of benzene rings is 1. The third-order valence-electron chi connectivity index (χ3n) is 4.38. The van der Waals surface area contributed by atoms with Crippen molar-refractivity contribution in [2.75, 3.05) is 6.54 Å². The van der Waals surface area contributed by atoms with Crippen molar-refractivity contribution in [1.29, 1.82) is 0 Å². The molecule has 1 fully saturated rings. The molecule has 1 saturated carbocycles. The molecule has 0 heterocycles. The lowest BCUT2D eigenvalue weighted by Gasteiger charge is -2.29. The Balaban J connectivity index is 1.71. The van der Waals surface area contributed by atoms with E-state index in [9.17, 15) is 9.59 Å². The zero-order valence-electron chi connectivity index (χ0n) is 13.5. The summed E-state index contributed by atoms with van der Waals surface area (Å²) in [6.07, 6.45) is 5.05. The molecule has 2 amide bonds. The van der Waals surface area contributed by atoms with Crippen LogP contribution >= 0.6 is 0 Å². The van der Waals surface area contributed by atoms with Gasteiger partial charge in [0.2, 0.25) is 5.91 Å². The van der Waals surface area contributed by atoms with E-state index in [0.29, 0.717) is 30.5 Å². The lowest BCUT2D eigenvalue weighted by atomic mass is 9.86. The van der Waals surface area contributed by atoms with Crippen LogP contribution in [0.3, 0.4) is 0 Å². The van der Waals surface area contributed by atoms with Gasteiger partial charge in [-0.3, -0.25) is 9.59 Å². The van der Waals surface area contributed by atoms with Gasteiger partial charge in [-0.2, -0.15) is 0 Å². The summed E-state index contributed by atoms with van der Waals surface area (Å²) in [7, 11) is 0. The number of carbonyl (C=O) groups is 2. The lowest BCUT2D eigenvalue weighted by Crippen LogP contribution is -2.42. The number of rotatable bonds is 5. The van der Waals surface area contributed by atoms with Crippen LogP contribution in [0.25, 0.3) is 0 Å². The topological polar surface area (TPSA) is 58.2 Å². The molecule has 120 valence electrons. The molecular formula is C18H26N2O2. The van der Waals surface area contributed by atoms with E-state index in [0.717, 1.165) is 12.0 Å². The van der Waals surface area contributed by atoms with E-state index in [1.165, 1.54) is 19.3 Å². The van der Waals surface area contributed by atoms with E-state index in [1.807, 2.05) is 25.1 Å². The van der Waals surface area contributed by atoms with Crippen molar-refractivity contribution in [3.8, 4) is 0 Å². The average Bonchev–Trinajstić information content (AvgIpc) is 2.49. The predicted molar refractivity (Wildman–Crippen MR) is 87.7 cm³/mol. The fraction of sp³-hybridized carbons (Fsp3) is 0.556. The second kappa shape index (κ2) is 7.97. The Bertz CT molecular complexity index is 528. The van der Waals surface area contributed by atoms with Crippen molar-refractivity contribution in [2.45, 2.75) is 52.0 Å². The van der Waals surface area contributed by atoms with Gasteiger partial charge < -0.3 is 10.6 Å². The summed E-state index contributed by atoms with van der Waals surface area (Å²) < 4.78 is 0. The van der Waals surface area contributed by atoms with Gasteiger partial charge in [0.15, 0.2) is 0 Å². The number of hydrogen-bond donors (Lipinski definition) is 2. The quantitative estimate of drug-likeness (QED) is 0.878. The van der Waals surface area contributed by atoms with Crippen LogP contribution in [-0.2, 0) is 4.79 Å². The molecular weight excluding hydrogens is 276 g/mol. The first-order chi connectivity index (χ1) is 10.6. The van der Waals surface area contributed by atoms with Crippen molar-refractivity contribution in [3.05, 3.63) is 35.4 Å². The van der Waals surface area contributed by atoms with E-state index in [1.54, 1.807) is 6.07 Å². The molecule has 0 aromatic heterocycles. The fourth-order valence-electron chi connectivity index (χ4n) is 2.99. The van der Waals surface area contributed by atoms with Gasteiger partial charge in [0.1, 0.15) is 0 Å². The molecule has 0 saturated heterocycles. The highest BCUT2D eigenvalue weighted by atomic mass is 16.2. The Morgan fingerprint density at radius 2 is 2.00 bits per heavy atom. The Labute approximate surface area is 132 Å². The molecule has 1 aromatic rings. The summed E-state index contributed by atoms with van der Waals surface area (Å²) in [6.45, 7) is 4.53. The van der Waals surface area contributed by atoms with Gasteiger partial charge in [-0.1, -0.05) is 37.5 Å². The van der Waals surface area contributed by atoms with Crippen molar-refractivity contribution in [3.63, 3.8) is 0 Å². The number of nitrogens with one attached hydrogen (secondary N) is 2. The Kier molecular flexibility index (Phi) is 5.99. The molecule has 0 bridgehead atoms. The number of amides is 2. The molecule has 2 unspecified atom stereocenters. The number of hydrogen-bond acceptors (Lipinski definition) is 2. The number of carbonyl (C=O) groups excluding carboxylic acids is 2. The van der Waals surface area contributed by atoms with Gasteiger partial charge in [-0.05, 0) is 37.8 Å². The molecule has 0 aliphatic heterocycles. The minimum atomic E-state index is -0.123. The number of aryl methyl sites for hydroxylation is 1. The van der Waals surface area contributed by atoms with Gasteiger partial charge in [-0.15, -0.1) is 0 Å². The summed E-state index contributed by atoms with van der Waals surface area (Å²) in [6, 6.07) is 7.75. The second-order valence-electron chi connectivity index (χ2n) is 6.31. The van der Waals surface area contributed by atoms with Crippen LogP contribution < -0.4 is 10.6 Å². The Morgan fingerprint density at radius 3 is 2.73 bits per heavy atom. The van der Waals surface area contributed by atoms with Crippen LogP contribution in [0.1, 0.15) is 54.9 Å². The van der Waals surface area contributed by atoms with Crippen molar-refractivity contribution < 1.29 is 9.59 Å². The molecule has 2 rings (SSSR count). The molecule has 2 N–H and O–H groups in total. The minimum absolute atomic E-state index is 0.0308. The maximum Gasteiger partial charge on any atom is 0.251 e. The third-order valence-corrected chi connectivity index (χ3v) is 4.38. The summed E-state index contributed by atoms with van der Waals surface area (Å²) in [5, 5.41) is 5.91. The molecule has 4 heteroatoms. The maximum atomic E-state index is 12.0. The summed E-state index contributed by atoms with van der Waals surface area (Å²) in [5.74, 6) is 0.463. The molecule has 4 nitrogen and oxygen atoms in total. The monoisotopic (exact) mass is 302 g/mol. The zero-order valence-corrected chi connectivity index (χ0v) is 13.5.